The normalized spacial score (nSPS) is 16.2. The molecule has 1 saturated heterocycles. The van der Waals surface area contributed by atoms with Gasteiger partial charge in [0.05, 0.1) is 24.3 Å². The standard InChI is InChI=1S/C21H26N6O2.C2H6/c1-4-5-17(28)15-8-10-26(13-15)20-12-16(21-22-9-11-27(21)25-20)24-19-7-6-18(29-3)14(2)23-19;1-2/h5-7,9,11-12,15,28H,4,8,10,13H2,1-3H3,(H,23,24);1-2H3/b17-5+;. The number of imidazole rings is 1. The lowest BCUT2D eigenvalue weighted by Crippen LogP contribution is -2.22. The first-order chi connectivity index (χ1) is 15.1. The topological polar surface area (TPSA) is 87.8 Å². The van der Waals surface area contributed by atoms with Gasteiger partial charge in [0.15, 0.2) is 11.5 Å². The van der Waals surface area contributed by atoms with E-state index in [0.29, 0.717) is 11.6 Å². The highest BCUT2D eigenvalue weighted by atomic mass is 16.5. The minimum atomic E-state index is 0.151. The summed E-state index contributed by atoms with van der Waals surface area (Å²) in [4.78, 5) is 11.2. The Bertz CT molecular complexity index is 1050. The second-order valence-electron chi connectivity index (χ2n) is 7.19. The van der Waals surface area contributed by atoms with Gasteiger partial charge in [0, 0.05) is 37.5 Å². The number of methoxy groups -OCH3 is 1. The number of ether oxygens (including phenoxy) is 1. The number of aromatic nitrogens is 4. The number of nitrogens with one attached hydrogen (secondary N) is 1. The summed E-state index contributed by atoms with van der Waals surface area (Å²) in [7, 11) is 1.64. The Labute approximate surface area is 183 Å². The van der Waals surface area contributed by atoms with Crippen molar-refractivity contribution in [1.82, 2.24) is 19.6 Å². The molecule has 166 valence electrons. The quantitative estimate of drug-likeness (QED) is 0.545. The van der Waals surface area contributed by atoms with Crippen LogP contribution in [-0.4, -0.2) is 44.9 Å². The molecular weight excluding hydrogens is 392 g/mol. The summed E-state index contributed by atoms with van der Waals surface area (Å²) in [6.45, 7) is 9.53. The summed E-state index contributed by atoms with van der Waals surface area (Å²) in [6.07, 6.45) is 7.20. The molecule has 0 amide bonds. The van der Waals surface area contributed by atoms with Crippen molar-refractivity contribution in [1.29, 1.82) is 0 Å². The Morgan fingerprint density at radius 3 is 2.87 bits per heavy atom. The summed E-state index contributed by atoms with van der Waals surface area (Å²) in [5.41, 5.74) is 2.37. The Morgan fingerprint density at radius 2 is 2.16 bits per heavy atom. The highest BCUT2D eigenvalue weighted by Gasteiger charge is 2.27. The maximum atomic E-state index is 10.2. The van der Waals surface area contributed by atoms with Crippen LogP contribution in [0.15, 0.2) is 42.4 Å². The van der Waals surface area contributed by atoms with Crippen molar-refractivity contribution >= 4 is 23.0 Å². The number of aliphatic hydroxyl groups excluding tert-OH is 1. The molecule has 1 atom stereocenters. The lowest BCUT2D eigenvalue weighted by atomic mass is 10.1. The molecule has 1 fully saturated rings. The first-order valence-electron chi connectivity index (χ1n) is 10.9. The van der Waals surface area contributed by atoms with Crippen LogP contribution in [0.2, 0.25) is 0 Å². The van der Waals surface area contributed by atoms with Gasteiger partial charge in [0.2, 0.25) is 0 Å². The van der Waals surface area contributed by atoms with Crippen LogP contribution >= 0.6 is 0 Å². The number of aryl methyl sites for hydroxylation is 1. The third kappa shape index (κ3) is 4.90. The van der Waals surface area contributed by atoms with Crippen LogP contribution in [0, 0.1) is 12.8 Å². The van der Waals surface area contributed by atoms with E-state index in [1.165, 1.54) is 0 Å². The molecule has 1 unspecified atom stereocenters. The number of allylic oxidation sites excluding steroid dienone is 1. The first kappa shape index (κ1) is 22.4. The van der Waals surface area contributed by atoms with Crippen molar-refractivity contribution in [2.45, 2.75) is 40.5 Å². The van der Waals surface area contributed by atoms with Crippen LogP contribution in [0.3, 0.4) is 0 Å². The Hall–Kier alpha value is -3.29. The maximum absolute atomic E-state index is 10.2. The predicted octanol–water partition coefficient (Wildman–Crippen LogP) is 4.89. The molecule has 8 nitrogen and oxygen atoms in total. The van der Waals surface area contributed by atoms with Crippen molar-refractivity contribution < 1.29 is 9.84 Å². The Balaban J connectivity index is 0.00000132. The molecule has 4 rings (SSSR count). The van der Waals surface area contributed by atoms with Crippen LogP contribution in [0.25, 0.3) is 5.65 Å². The van der Waals surface area contributed by atoms with Crippen LogP contribution in [0.4, 0.5) is 17.3 Å². The summed E-state index contributed by atoms with van der Waals surface area (Å²) >= 11 is 0. The maximum Gasteiger partial charge on any atom is 0.177 e. The smallest absolute Gasteiger partial charge is 0.177 e. The van der Waals surface area contributed by atoms with Gasteiger partial charge < -0.3 is 20.1 Å². The largest absolute Gasteiger partial charge is 0.512 e. The van der Waals surface area contributed by atoms with Crippen LogP contribution < -0.4 is 15.0 Å². The van der Waals surface area contributed by atoms with Crippen molar-refractivity contribution in [3.63, 3.8) is 0 Å². The molecule has 0 radical (unpaired) electrons. The van der Waals surface area contributed by atoms with E-state index in [0.717, 1.165) is 54.5 Å². The fourth-order valence-electron chi connectivity index (χ4n) is 3.71. The molecular formula is C23H32N6O2. The minimum absolute atomic E-state index is 0.151. The van der Waals surface area contributed by atoms with E-state index in [2.05, 4.69) is 20.2 Å². The van der Waals surface area contributed by atoms with Gasteiger partial charge >= 0.3 is 0 Å². The third-order valence-corrected chi connectivity index (χ3v) is 5.21. The summed E-state index contributed by atoms with van der Waals surface area (Å²) in [5, 5.41) is 18.3. The van der Waals surface area contributed by atoms with Gasteiger partial charge in [-0.3, -0.25) is 0 Å². The molecule has 4 heterocycles. The summed E-state index contributed by atoms with van der Waals surface area (Å²) in [6, 6.07) is 5.76. The second-order valence-corrected chi connectivity index (χ2v) is 7.19. The number of rotatable bonds is 6. The van der Waals surface area contributed by atoms with E-state index in [-0.39, 0.29) is 5.92 Å². The lowest BCUT2D eigenvalue weighted by Gasteiger charge is -2.19. The number of aliphatic hydroxyl groups is 1. The van der Waals surface area contributed by atoms with E-state index in [9.17, 15) is 5.11 Å². The van der Waals surface area contributed by atoms with Crippen molar-refractivity contribution in [2.24, 2.45) is 5.92 Å². The highest BCUT2D eigenvalue weighted by molar-refractivity contribution is 5.75. The number of fused-ring (bicyclic) bond motifs is 1. The zero-order valence-corrected chi connectivity index (χ0v) is 19.0. The van der Waals surface area contributed by atoms with E-state index in [4.69, 9.17) is 9.84 Å². The molecule has 8 heteroatoms. The van der Waals surface area contributed by atoms with Crippen molar-refractivity contribution in [3.8, 4) is 5.75 Å². The molecule has 2 N–H and O–H groups in total. The van der Waals surface area contributed by atoms with Gasteiger partial charge in [-0.25, -0.2) is 14.5 Å². The Kier molecular flexibility index (Phi) is 7.33. The zero-order chi connectivity index (χ0) is 22.4. The Morgan fingerprint density at radius 1 is 1.35 bits per heavy atom. The SMILES string of the molecule is CC.CC/C=C(/O)C1CCN(c2cc(Nc3ccc(OC)c(C)n3)c3nccn3n2)C1. The molecule has 0 aliphatic carbocycles. The third-order valence-electron chi connectivity index (χ3n) is 5.21. The molecule has 31 heavy (non-hydrogen) atoms. The van der Waals surface area contributed by atoms with Crippen molar-refractivity contribution in [3.05, 3.63) is 48.1 Å². The van der Waals surface area contributed by atoms with E-state index >= 15 is 0 Å². The number of nitrogens with zero attached hydrogens (tertiary/aromatic N) is 5. The zero-order valence-electron chi connectivity index (χ0n) is 19.0. The molecule has 3 aromatic rings. The van der Waals surface area contributed by atoms with Crippen LogP contribution in [0.5, 0.6) is 5.75 Å². The fourth-order valence-corrected chi connectivity index (χ4v) is 3.71. The van der Waals surface area contributed by atoms with Gasteiger partial charge in [-0.2, -0.15) is 0 Å². The van der Waals surface area contributed by atoms with Crippen molar-refractivity contribution in [2.75, 3.05) is 30.4 Å². The highest BCUT2D eigenvalue weighted by Crippen LogP contribution is 2.30. The van der Waals surface area contributed by atoms with Gasteiger partial charge in [-0.1, -0.05) is 20.8 Å². The number of anilines is 3. The number of hydrogen-bond donors (Lipinski definition) is 2. The van der Waals surface area contributed by atoms with Gasteiger partial charge in [-0.05, 0) is 38.0 Å². The predicted molar refractivity (Wildman–Crippen MR) is 124 cm³/mol. The monoisotopic (exact) mass is 424 g/mol. The average Bonchev–Trinajstić information content (AvgIpc) is 3.45. The molecule has 1 aliphatic rings. The molecule has 1 aliphatic heterocycles. The van der Waals surface area contributed by atoms with E-state index in [1.807, 2.05) is 58.2 Å². The van der Waals surface area contributed by atoms with Crippen LogP contribution in [-0.2, 0) is 0 Å². The number of hydrogen-bond acceptors (Lipinski definition) is 7. The summed E-state index contributed by atoms with van der Waals surface area (Å²) in [5.74, 6) is 2.94. The fraction of sp³-hybridized carbons (Fsp3) is 0.435. The first-order valence-corrected chi connectivity index (χ1v) is 10.9. The second kappa shape index (κ2) is 10.1. The lowest BCUT2D eigenvalue weighted by molar-refractivity contribution is 0.339. The average molecular weight is 425 g/mol. The molecule has 0 aromatic carbocycles. The van der Waals surface area contributed by atoms with Crippen LogP contribution in [0.1, 0.15) is 39.3 Å². The van der Waals surface area contributed by atoms with E-state index < -0.39 is 0 Å². The molecule has 3 aromatic heterocycles. The van der Waals surface area contributed by atoms with Gasteiger partial charge in [0.1, 0.15) is 11.6 Å². The minimum Gasteiger partial charge on any atom is -0.512 e. The molecule has 0 saturated carbocycles. The van der Waals surface area contributed by atoms with Gasteiger partial charge in [0.25, 0.3) is 0 Å². The number of pyridine rings is 1. The summed E-state index contributed by atoms with van der Waals surface area (Å²) < 4.78 is 7.06. The van der Waals surface area contributed by atoms with E-state index in [1.54, 1.807) is 17.8 Å². The molecule has 0 spiro atoms. The molecule has 0 bridgehead atoms. The van der Waals surface area contributed by atoms with Gasteiger partial charge in [-0.15, -0.1) is 5.10 Å².